The predicted molar refractivity (Wildman–Crippen MR) is 192 cm³/mol. The molecule has 0 aliphatic rings. The summed E-state index contributed by atoms with van der Waals surface area (Å²) in [4.78, 5) is 3.56. The van der Waals surface area contributed by atoms with E-state index in [1.54, 1.807) is 0 Å². The molecule has 9 rings (SSSR count). The van der Waals surface area contributed by atoms with Crippen molar-refractivity contribution in [2.24, 2.45) is 0 Å². The highest BCUT2D eigenvalue weighted by molar-refractivity contribution is 6.10. The molecule has 0 unspecified atom stereocenters. The summed E-state index contributed by atoms with van der Waals surface area (Å²) in [5, 5.41) is 4.90. The summed E-state index contributed by atoms with van der Waals surface area (Å²) < 4.78 is 9.15. The number of para-hydroxylation sites is 3. The molecule has 0 saturated heterocycles. The number of hydrogen-bond donors (Lipinski definition) is 1. The molecule has 0 spiro atoms. The third-order valence-corrected chi connectivity index (χ3v) is 9.14. The Hall–Kier alpha value is -6.06. The molecule has 0 amide bonds. The Morgan fingerprint density at radius 1 is 0.478 bits per heavy atom. The minimum Gasteiger partial charge on any atom is -0.457 e. The van der Waals surface area contributed by atoms with Crippen molar-refractivity contribution in [1.82, 2.24) is 9.55 Å². The van der Waals surface area contributed by atoms with E-state index in [0.29, 0.717) is 0 Å². The number of rotatable bonds is 5. The van der Waals surface area contributed by atoms with E-state index in [9.17, 15) is 0 Å². The summed E-state index contributed by atoms with van der Waals surface area (Å²) >= 11 is 0. The van der Waals surface area contributed by atoms with Crippen molar-refractivity contribution in [1.29, 1.82) is 0 Å². The Labute approximate surface area is 266 Å². The molecule has 9 aromatic rings. The number of benzene rings is 7. The molecule has 0 fully saturated rings. The Kier molecular flexibility index (Phi) is 6.04. The Balaban J connectivity index is 1.21. The normalized spacial score (nSPS) is 11.6. The van der Waals surface area contributed by atoms with E-state index in [1.165, 1.54) is 38.1 Å². The maximum Gasteiger partial charge on any atom is 0.135 e. The topological polar surface area (TPSA) is 29.9 Å². The first-order valence-electron chi connectivity index (χ1n) is 15.7. The molecular formula is C43H30N2O. The Morgan fingerprint density at radius 2 is 1.15 bits per heavy atom. The van der Waals surface area contributed by atoms with E-state index in [4.69, 9.17) is 4.74 Å². The number of aryl methyl sites for hydroxylation is 1. The second-order valence-electron chi connectivity index (χ2n) is 11.9. The summed E-state index contributed by atoms with van der Waals surface area (Å²) in [6, 6.07) is 55.9. The average Bonchev–Trinajstić information content (AvgIpc) is 3.64. The molecule has 46 heavy (non-hydrogen) atoms. The zero-order valence-electron chi connectivity index (χ0n) is 25.4. The number of aromatic nitrogens is 2. The van der Waals surface area contributed by atoms with Gasteiger partial charge in [0.15, 0.2) is 0 Å². The molecule has 0 aliphatic carbocycles. The third kappa shape index (κ3) is 4.28. The van der Waals surface area contributed by atoms with Crippen LogP contribution >= 0.6 is 0 Å². The minimum atomic E-state index is 0.797. The first-order valence-corrected chi connectivity index (χ1v) is 15.7. The molecule has 2 heterocycles. The predicted octanol–water partition coefficient (Wildman–Crippen LogP) is 11.9. The van der Waals surface area contributed by atoms with Crippen molar-refractivity contribution in [2.75, 3.05) is 0 Å². The van der Waals surface area contributed by atoms with E-state index < -0.39 is 0 Å². The molecule has 0 atom stereocenters. The summed E-state index contributed by atoms with van der Waals surface area (Å²) in [5.74, 6) is 1.62. The fourth-order valence-corrected chi connectivity index (χ4v) is 6.91. The van der Waals surface area contributed by atoms with Crippen LogP contribution in [0.15, 0.2) is 158 Å². The van der Waals surface area contributed by atoms with Gasteiger partial charge in [-0.1, -0.05) is 103 Å². The highest BCUT2D eigenvalue weighted by atomic mass is 16.5. The van der Waals surface area contributed by atoms with Crippen LogP contribution in [-0.2, 0) is 0 Å². The van der Waals surface area contributed by atoms with Crippen LogP contribution in [0.1, 0.15) is 5.56 Å². The second kappa shape index (κ2) is 10.5. The van der Waals surface area contributed by atoms with Gasteiger partial charge in [-0.25, -0.2) is 0 Å². The lowest BCUT2D eigenvalue weighted by atomic mass is 9.96. The van der Waals surface area contributed by atoms with Crippen LogP contribution in [0.5, 0.6) is 11.5 Å². The molecular weight excluding hydrogens is 560 g/mol. The third-order valence-electron chi connectivity index (χ3n) is 9.14. The van der Waals surface area contributed by atoms with Gasteiger partial charge in [-0.3, -0.25) is 0 Å². The highest BCUT2D eigenvalue weighted by Gasteiger charge is 2.16. The van der Waals surface area contributed by atoms with Gasteiger partial charge in [0.1, 0.15) is 11.5 Å². The number of hydrogen-bond acceptors (Lipinski definition) is 1. The molecule has 2 aromatic heterocycles. The van der Waals surface area contributed by atoms with Crippen LogP contribution < -0.4 is 4.74 Å². The first-order chi connectivity index (χ1) is 22.7. The van der Waals surface area contributed by atoms with E-state index in [1.807, 2.05) is 0 Å². The lowest BCUT2D eigenvalue weighted by Crippen LogP contribution is -1.94. The molecule has 3 nitrogen and oxygen atoms in total. The van der Waals surface area contributed by atoms with Crippen molar-refractivity contribution in [3.05, 3.63) is 163 Å². The van der Waals surface area contributed by atoms with Crippen molar-refractivity contribution in [3.8, 4) is 39.4 Å². The molecule has 3 heteroatoms. The lowest BCUT2D eigenvalue weighted by molar-refractivity contribution is 0.485. The smallest absolute Gasteiger partial charge is 0.135 e. The fourth-order valence-electron chi connectivity index (χ4n) is 6.91. The van der Waals surface area contributed by atoms with Gasteiger partial charge in [-0.05, 0) is 77.7 Å². The fraction of sp³-hybridized carbons (Fsp3) is 0.0233. The number of aromatic amines is 1. The number of nitrogens with one attached hydrogen (secondary N) is 1. The van der Waals surface area contributed by atoms with Gasteiger partial charge in [0.25, 0.3) is 0 Å². The maximum absolute atomic E-state index is 6.79. The van der Waals surface area contributed by atoms with Crippen LogP contribution in [0.3, 0.4) is 0 Å². The summed E-state index contributed by atoms with van der Waals surface area (Å²) in [6.45, 7) is 2.15. The number of ether oxygens (including phenoxy) is 1. The molecule has 0 bridgehead atoms. The van der Waals surface area contributed by atoms with E-state index in [-0.39, 0.29) is 0 Å². The maximum atomic E-state index is 6.79. The van der Waals surface area contributed by atoms with Crippen LogP contribution in [0.4, 0.5) is 0 Å². The number of fused-ring (bicyclic) bond motifs is 6. The SMILES string of the molecule is Cc1ccccc1-c1ccc(-c2ccc3c4ccccc4n(-c4ccccc4)c3c2)cc1Oc1ccc2c(c1)[nH]c1ccccc12. The van der Waals surface area contributed by atoms with Gasteiger partial charge in [-0.2, -0.15) is 0 Å². The minimum absolute atomic E-state index is 0.797. The monoisotopic (exact) mass is 590 g/mol. The van der Waals surface area contributed by atoms with E-state index in [0.717, 1.165) is 50.5 Å². The zero-order chi connectivity index (χ0) is 30.6. The van der Waals surface area contributed by atoms with Gasteiger partial charge in [0.05, 0.1) is 16.6 Å². The zero-order valence-corrected chi connectivity index (χ0v) is 25.4. The summed E-state index contributed by atoms with van der Waals surface area (Å²) in [6.07, 6.45) is 0. The lowest BCUT2D eigenvalue weighted by Gasteiger charge is -2.16. The average molecular weight is 591 g/mol. The van der Waals surface area contributed by atoms with Crippen molar-refractivity contribution >= 4 is 43.6 Å². The van der Waals surface area contributed by atoms with Gasteiger partial charge < -0.3 is 14.3 Å². The van der Waals surface area contributed by atoms with E-state index >= 15 is 0 Å². The molecule has 1 N–H and O–H groups in total. The van der Waals surface area contributed by atoms with Crippen LogP contribution in [0.2, 0.25) is 0 Å². The van der Waals surface area contributed by atoms with Gasteiger partial charge in [-0.15, -0.1) is 0 Å². The first kappa shape index (κ1) is 26.4. The standard InChI is InChI=1S/C43H30N2O/c1-28-11-5-6-14-33(28)38-23-20-30(26-43(38)46-32-21-24-35-34-15-7-9-17-39(34)44-40(35)27-32)29-19-22-37-36-16-8-10-18-41(36)45(42(37)25-29)31-12-3-2-4-13-31/h2-27,44H,1H3. The molecule has 0 radical (unpaired) electrons. The number of nitrogens with zero attached hydrogens (tertiary/aromatic N) is 1. The Bertz CT molecular complexity index is 2570. The second-order valence-corrected chi connectivity index (χ2v) is 11.9. The number of H-pyrrole nitrogens is 1. The van der Waals surface area contributed by atoms with Gasteiger partial charge >= 0.3 is 0 Å². The molecule has 7 aromatic carbocycles. The summed E-state index contributed by atoms with van der Waals surface area (Å²) in [7, 11) is 0. The van der Waals surface area contributed by atoms with Crippen molar-refractivity contribution in [3.63, 3.8) is 0 Å². The Morgan fingerprint density at radius 3 is 2.04 bits per heavy atom. The van der Waals surface area contributed by atoms with Crippen molar-refractivity contribution in [2.45, 2.75) is 6.92 Å². The molecule has 0 saturated carbocycles. The largest absolute Gasteiger partial charge is 0.457 e. The highest BCUT2D eigenvalue weighted by Crippen LogP contribution is 2.41. The summed E-state index contributed by atoms with van der Waals surface area (Å²) in [5.41, 5.74) is 11.4. The quantitative estimate of drug-likeness (QED) is 0.212. The molecule has 218 valence electrons. The van der Waals surface area contributed by atoms with E-state index in [2.05, 4.69) is 174 Å². The van der Waals surface area contributed by atoms with Crippen LogP contribution in [0, 0.1) is 6.92 Å². The van der Waals surface area contributed by atoms with Crippen molar-refractivity contribution < 1.29 is 4.74 Å². The molecule has 0 aliphatic heterocycles. The van der Waals surface area contributed by atoms with Gasteiger partial charge in [0, 0.05) is 44.4 Å². The van der Waals surface area contributed by atoms with Gasteiger partial charge in [0.2, 0.25) is 0 Å². The van der Waals surface area contributed by atoms with Crippen LogP contribution in [-0.4, -0.2) is 9.55 Å². The van der Waals surface area contributed by atoms with Crippen LogP contribution in [0.25, 0.3) is 71.6 Å².